The van der Waals surface area contributed by atoms with Crippen molar-refractivity contribution in [3.8, 4) is 5.69 Å². The van der Waals surface area contributed by atoms with Crippen molar-refractivity contribution in [2.24, 2.45) is 0 Å². The number of rotatable bonds is 9. The van der Waals surface area contributed by atoms with Gasteiger partial charge in [0.2, 0.25) is 5.95 Å². The summed E-state index contributed by atoms with van der Waals surface area (Å²) in [4.78, 5) is 11.9. The van der Waals surface area contributed by atoms with Crippen LogP contribution in [0.15, 0.2) is 60.8 Å². The number of fused-ring (bicyclic) bond motifs is 1. The van der Waals surface area contributed by atoms with E-state index in [0.29, 0.717) is 16.8 Å². The molecule has 2 N–H and O–H groups in total. The number of likely N-dealkylation sites (N-methyl/N-ethyl adjacent to an activating group) is 1. The first-order chi connectivity index (χ1) is 15.2. The quantitative estimate of drug-likeness (QED) is 0.387. The molecule has 2 aromatic carbocycles. The van der Waals surface area contributed by atoms with E-state index in [1.165, 1.54) is 0 Å². The van der Waals surface area contributed by atoms with Crippen LogP contribution >= 0.6 is 11.6 Å². The van der Waals surface area contributed by atoms with Gasteiger partial charge in [0.1, 0.15) is 5.82 Å². The van der Waals surface area contributed by atoms with Crippen LogP contribution in [0.1, 0.15) is 13.8 Å². The summed E-state index contributed by atoms with van der Waals surface area (Å²) in [5, 5.41) is 12.8. The van der Waals surface area contributed by atoms with Crippen molar-refractivity contribution in [3.63, 3.8) is 0 Å². The predicted octanol–water partition coefficient (Wildman–Crippen LogP) is 4.97. The highest BCUT2D eigenvalue weighted by atomic mass is 35.5. The van der Waals surface area contributed by atoms with Crippen LogP contribution in [0.4, 0.5) is 17.5 Å². The maximum atomic E-state index is 6.16. The van der Waals surface area contributed by atoms with Crippen molar-refractivity contribution in [3.05, 3.63) is 65.8 Å². The number of hydrogen-bond acceptors (Lipinski definition) is 6. The van der Waals surface area contributed by atoms with Crippen LogP contribution in [0, 0.1) is 0 Å². The number of aromatic nitrogens is 4. The molecule has 0 radical (unpaired) electrons. The van der Waals surface area contributed by atoms with Crippen LogP contribution in [0.2, 0.25) is 5.02 Å². The van der Waals surface area contributed by atoms with Crippen molar-refractivity contribution in [1.82, 2.24) is 24.6 Å². The number of nitrogens with zero attached hydrogens (tertiary/aromatic N) is 5. The standard InChI is InChI=1S/C23H26ClN7/c1-3-30(4-2)14-13-25-23-28-21(27-18-10-8-9-17(24)15-18)20-16-26-31(22(20)29-23)19-11-6-5-7-12-19/h5-12,15-16H,3-4,13-14H2,1-2H3,(H2,25,27,28,29). The van der Waals surface area contributed by atoms with Gasteiger partial charge in [-0.1, -0.05) is 49.7 Å². The molecule has 0 unspecified atom stereocenters. The molecule has 0 spiro atoms. The Morgan fingerprint density at radius 2 is 1.81 bits per heavy atom. The molecule has 0 aliphatic carbocycles. The highest BCUT2D eigenvalue weighted by molar-refractivity contribution is 6.30. The first kappa shape index (κ1) is 21.1. The summed E-state index contributed by atoms with van der Waals surface area (Å²) in [6.45, 7) is 8.03. The van der Waals surface area contributed by atoms with E-state index in [0.717, 1.165) is 48.6 Å². The van der Waals surface area contributed by atoms with Crippen LogP contribution in [-0.2, 0) is 0 Å². The van der Waals surface area contributed by atoms with E-state index in [4.69, 9.17) is 21.6 Å². The van der Waals surface area contributed by atoms with Gasteiger partial charge in [-0.25, -0.2) is 4.68 Å². The van der Waals surface area contributed by atoms with Crippen molar-refractivity contribution >= 4 is 40.1 Å². The Balaban J connectivity index is 1.71. The zero-order chi connectivity index (χ0) is 21.6. The molecule has 0 atom stereocenters. The molecule has 0 aliphatic heterocycles. The van der Waals surface area contributed by atoms with Gasteiger partial charge in [-0.15, -0.1) is 0 Å². The molecule has 31 heavy (non-hydrogen) atoms. The van der Waals surface area contributed by atoms with E-state index < -0.39 is 0 Å². The van der Waals surface area contributed by atoms with Crippen molar-refractivity contribution in [1.29, 1.82) is 0 Å². The van der Waals surface area contributed by atoms with Gasteiger partial charge in [0.05, 0.1) is 17.3 Å². The number of nitrogens with one attached hydrogen (secondary N) is 2. The molecule has 7 nitrogen and oxygen atoms in total. The molecule has 4 rings (SSSR count). The third-order valence-corrected chi connectivity index (χ3v) is 5.36. The normalized spacial score (nSPS) is 11.2. The first-order valence-electron chi connectivity index (χ1n) is 10.5. The Morgan fingerprint density at radius 3 is 2.55 bits per heavy atom. The van der Waals surface area contributed by atoms with Gasteiger partial charge in [-0.3, -0.25) is 0 Å². The number of benzene rings is 2. The van der Waals surface area contributed by atoms with Gasteiger partial charge in [-0.2, -0.15) is 15.1 Å². The van der Waals surface area contributed by atoms with Gasteiger partial charge in [0.25, 0.3) is 0 Å². The zero-order valence-corrected chi connectivity index (χ0v) is 18.5. The summed E-state index contributed by atoms with van der Waals surface area (Å²) >= 11 is 6.16. The molecule has 0 saturated carbocycles. The van der Waals surface area contributed by atoms with E-state index in [2.05, 4.69) is 34.5 Å². The van der Waals surface area contributed by atoms with E-state index >= 15 is 0 Å². The second-order valence-electron chi connectivity index (χ2n) is 7.11. The Bertz CT molecular complexity index is 1140. The molecule has 8 heteroatoms. The average Bonchev–Trinajstić information content (AvgIpc) is 3.22. The first-order valence-corrected chi connectivity index (χ1v) is 10.9. The number of para-hydroxylation sites is 1. The van der Waals surface area contributed by atoms with Crippen LogP contribution in [-0.4, -0.2) is 50.8 Å². The highest BCUT2D eigenvalue weighted by Crippen LogP contribution is 2.27. The third kappa shape index (κ3) is 4.95. The van der Waals surface area contributed by atoms with Gasteiger partial charge < -0.3 is 15.5 Å². The minimum Gasteiger partial charge on any atom is -0.353 e. The zero-order valence-electron chi connectivity index (χ0n) is 17.7. The molecule has 4 aromatic rings. The fraction of sp³-hybridized carbons (Fsp3) is 0.261. The average molecular weight is 436 g/mol. The molecule has 2 aromatic heterocycles. The van der Waals surface area contributed by atoms with Gasteiger partial charge in [0.15, 0.2) is 5.65 Å². The van der Waals surface area contributed by atoms with Gasteiger partial charge in [-0.05, 0) is 43.4 Å². The SMILES string of the molecule is CCN(CC)CCNc1nc(Nc2cccc(Cl)c2)c2cnn(-c3ccccc3)c2n1. The second kappa shape index (κ2) is 9.76. The Labute approximate surface area is 187 Å². The minimum atomic E-state index is 0.557. The molecule has 0 saturated heterocycles. The van der Waals surface area contributed by atoms with E-state index in [1.807, 2.05) is 59.3 Å². The van der Waals surface area contributed by atoms with Crippen molar-refractivity contribution < 1.29 is 0 Å². The van der Waals surface area contributed by atoms with Crippen molar-refractivity contribution in [2.75, 3.05) is 36.8 Å². The number of halogens is 1. The summed E-state index contributed by atoms with van der Waals surface area (Å²) in [7, 11) is 0. The fourth-order valence-corrected chi connectivity index (χ4v) is 3.60. The van der Waals surface area contributed by atoms with E-state index in [-0.39, 0.29) is 0 Å². The lowest BCUT2D eigenvalue weighted by Gasteiger charge is -2.18. The topological polar surface area (TPSA) is 70.9 Å². The summed E-state index contributed by atoms with van der Waals surface area (Å²) in [5.74, 6) is 1.24. The molecule has 160 valence electrons. The lowest BCUT2D eigenvalue weighted by Crippen LogP contribution is -2.29. The minimum absolute atomic E-state index is 0.557. The Kier molecular flexibility index (Phi) is 6.64. The van der Waals surface area contributed by atoms with Crippen molar-refractivity contribution in [2.45, 2.75) is 13.8 Å². The number of anilines is 3. The Hall–Kier alpha value is -3.16. The van der Waals surface area contributed by atoms with Crippen LogP contribution in [0.3, 0.4) is 0 Å². The summed E-state index contributed by atoms with van der Waals surface area (Å²) in [6, 6.07) is 17.5. The largest absolute Gasteiger partial charge is 0.353 e. The van der Waals surface area contributed by atoms with Crippen LogP contribution in [0.25, 0.3) is 16.7 Å². The Morgan fingerprint density at radius 1 is 1.00 bits per heavy atom. The molecule has 2 heterocycles. The molecular weight excluding hydrogens is 410 g/mol. The summed E-state index contributed by atoms with van der Waals surface area (Å²) in [5.41, 5.74) is 2.53. The van der Waals surface area contributed by atoms with E-state index in [9.17, 15) is 0 Å². The lowest BCUT2D eigenvalue weighted by molar-refractivity contribution is 0.316. The smallest absolute Gasteiger partial charge is 0.226 e. The number of hydrogen-bond donors (Lipinski definition) is 2. The molecular formula is C23H26ClN7. The van der Waals surface area contributed by atoms with E-state index in [1.54, 1.807) is 6.20 Å². The summed E-state index contributed by atoms with van der Waals surface area (Å²) in [6.07, 6.45) is 1.79. The maximum Gasteiger partial charge on any atom is 0.226 e. The molecule has 0 fully saturated rings. The molecule has 0 amide bonds. The summed E-state index contributed by atoms with van der Waals surface area (Å²) < 4.78 is 1.83. The third-order valence-electron chi connectivity index (χ3n) is 5.12. The van der Waals surface area contributed by atoms with Crippen LogP contribution in [0.5, 0.6) is 0 Å². The van der Waals surface area contributed by atoms with Gasteiger partial charge in [0, 0.05) is 23.8 Å². The van der Waals surface area contributed by atoms with Gasteiger partial charge >= 0.3 is 0 Å². The fourth-order valence-electron chi connectivity index (χ4n) is 3.41. The predicted molar refractivity (Wildman–Crippen MR) is 128 cm³/mol. The molecule has 0 bridgehead atoms. The highest BCUT2D eigenvalue weighted by Gasteiger charge is 2.15. The maximum absolute atomic E-state index is 6.16. The molecule has 0 aliphatic rings. The lowest BCUT2D eigenvalue weighted by atomic mass is 10.3. The monoisotopic (exact) mass is 435 g/mol. The van der Waals surface area contributed by atoms with Crippen LogP contribution < -0.4 is 10.6 Å². The second-order valence-corrected chi connectivity index (χ2v) is 7.55.